The van der Waals surface area contributed by atoms with Crippen LogP contribution in [0.25, 0.3) is 11.2 Å². The number of nitrogens with one attached hydrogen (secondary N) is 1. The highest BCUT2D eigenvalue weighted by Gasteiger charge is 1.99. The lowest BCUT2D eigenvalue weighted by atomic mass is 10.4. The first-order valence-corrected chi connectivity index (χ1v) is 5.07. The highest BCUT2D eigenvalue weighted by atomic mass is 16.1. The van der Waals surface area contributed by atoms with Gasteiger partial charge in [0.05, 0.1) is 6.33 Å². The van der Waals surface area contributed by atoms with E-state index in [4.69, 9.17) is 5.73 Å². The second kappa shape index (κ2) is 5.48. The van der Waals surface area contributed by atoms with Crippen LogP contribution in [0.15, 0.2) is 37.1 Å². The number of hydrogen-bond donors (Lipinski definition) is 2. The molecule has 3 N–H and O–H groups in total. The van der Waals surface area contributed by atoms with Crippen molar-refractivity contribution in [3.63, 3.8) is 0 Å². The first-order valence-electron chi connectivity index (χ1n) is 5.07. The van der Waals surface area contributed by atoms with E-state index in [9.17, 15) is 4.79 Å². The largest absolute Gasteiger partial charge is 0.382 e. The molecule has 3 rings (SSSR count). The molecule has 0 aliphatic carbocycles. The number of fused-ring (bicyclic) bond motifs is 1. The summed E-state index contributed by atoms with van der Waals surface area (Å²) < 4.78 is 0. The number of carbonyl (C=O) groups excluding carboxylic acids is 1. The van der Waals surface area contributed by atoms with Crippen LogP contribution in [0.3, 0.4) is 0 Å². The number of aromatic amines is 1. The number of aromatic nitrogens is 5. The number of pyridine rings is 1. The fraction of sp³-hybridized carbons (Fsp3) is 0. The van der Waals surface area contributed by atoms with Gasteiger partial charge in [-0.3, -0.25) is 9.78 Å². The molecule has 7 nitrogen and oxygen atoms in total. The Kier molecular flexibility index (Phi) is 3.55. The van der Waals surface area contributed by atoms with E-state index in [-0.39, 0.29) is 0 Å². The van der Waals surface area contributed by atoms with E-state index in [1.807, 2.05) is 0 Å². The number of nitrogens with two attached hydrogens (primary N) is 1. The summed E-state index contributed by atoms with van der Waals surface area (Å²) in [5.74, 6) is 0.433. The molecule has 0 aromatic carbocycles. The van der Waals surface area contributed by atoms with Crippen LogP contribution in [0.4, 0.5) is 5.82 Å². The summed E-state index contributed by atoms with van der Waals surface area (Å²) in [7, 11) is 0. The zero-order chi connectivity index (χ0) is 12.8. The maximum atomic E-state index is 9.94. The van der Waals surface area contributed by atoms with Gasteiger partial charge >= 0.3 is 0 Å². The molecule has 0 spiro atoms. The highest BCUT2D eigenvalue weighted by molar-refractivity contribution is 5.80. The van der Waals surface area contributed by atoms with Gasteiger partial charge in [-0.25, -0.2) is 15.0 Å². The summed E-state index contributed by atoms with van der Waals surface area (Å²) >= 11 is 0. The molecule has 0 saturated heterocycles. The molecule has 0 aliphatic heterocycles. The number of carbonyl (C=O) groups is 1. The molecule has 0 fully saturated rings. The van der Waals surface area contributed by atoms with E-state index in [1.165, 1.54) is 12.7 Å². The molecule has 0 atom stereocenters. The molecule has 0 bridgehead atoms. The molecule has 3 aromatic heterocycles. The summed E-state index contributed by atoms with van der Waals surface area (Å²) in [4.78, 5) is 28.0. The Morgan fingerprint density at radius 1 is 1.17 bits per heavy atom. The van der Waals surface area contributed by atoms with Gasteiger partial charge in [0, 0.05) is 6.20 Å². The van der Waals surface area contributed by atoms with Gasteiger partial charge in [-0.1, -0.05) is 6.07 Å². The first-order chi connectivity index (χ1) is 8.81. The van der Waals surface area contributed by atoms with Crippen LogP contribution >= 0.6 is 0 Å². The van der Waals surface area contributed by atoms with Crippen LogP contribution in [0.1, 0.15) is 10.5 Å². The Balaban J connectivity index is 0.000000138. The van der Waals surface area contributed by atoms with Crippen molar-refractivity contribution in [2.24, 2.45) is 0 Å². The lowest BCUT2D eigenvalue weighted by molar-refractivity contribution is 0.111. The second-order valence-electron chi connectivity index (χ2n) is 3.23. The van der Waals surface area contributed by atoms with E-state index < -0.39 is 0 Å². The third kappa shape index (κ3) is 2.64. The molecule has 0 amide bonds. The summed E-state index contributed by atoms with van der Waals surface area (Å²) in [6, 6.07) is 5.21. The van der Waals surface area contributed by atoms with Gasteiger partial charge in [0.25, 0.3) is 0 Å². The van der Waals surface area contributed by atoms with Crippen molar-refractivity contribution in [2.75, 3.05) is 5.73 Å². The molecule has 7 heteroatoms. The van der Waals surface area contributed by atoms with Gasteiger partial charge in [-0.2, -0.15) is 0 Å². The fourth-order valence-corrected chi connectivity index (χ4v) is 1.23. The quantitative estimate of drug-likeness (QED) is 0.611. The third-order valence-corrected chi connectivity index (χ3v) is 2.06. The van der Waals surface area contributed by atoms with Crippen molar-refractivity contribution < 1.29 is 4.79 Å². The topological polar surface area (TPSA) is 110 Å². The number of nitrogen functional groups attached to an aromatic ring is 1. The summed E-state index contributed by atoms with van der Waals surface area (Å²) in [5, 5.41) is 0. The Morgan fingerprint density at radius 2 is 2.06 bits per heavy atom. The normalized spacial score (nSPS) is 9.56. The maximum Gasteiger partial charge on any atom is 0.182 e. The molecule has 0 saturated carbocycles. The summed E-state index contributed by atoms with van der Waals surface area (Å²) in [6.07, 6.45) is 5.23. The molecule has 90 valence electrons. The number of H-pyrrole nitrogens is 1. The summed E-state index contributed by atoms with van der Waals surface area (Å²) in [5.41, 5.74) is 7.26. The number of rotatable bonds is 1. The first kappa shape index (κ1) is 11.6. The molecule has 3 aromatic rings. The lowest BCUT2D eigenvalue weighted by Gasteiger charge is -1.89. The van der Waals surface area contributed by atoms with E-state index in [2.05, 4.69) is 24.9 Å². The molecular formula is C11H10N6O. The van der Waals surface area contributed by atoms with E-state index in [0.717, 1.165) is 6.29 Å². The Bertz CT molecular complexity index is 636. The van der Waals surface area contributed by atoms with Crippen molar-refractivity contribution in [1.29, 1.82) is 0 Å². The van der Waals surface area contributed by atoms with Crippen LogP contribution in [-0.4, -0.2) is 31.2 Å². The third-order valence-electron chi connectivity index (χ3n) is 2.06. The molecule has 3 heterocycles. The van der Waals surface area contributed by atoms with E-state index in [1.54, 1.807) is 24.4 Å². The van der Waals surface area contributed by atoms with Crippen molar-refractivity contribution in [3.05, 3.63) is 42.7 Å². The standard InChI is InChI=1S/C6H5NO.C5H5N5/c8-5-6-3-1-2-4-7-6;6-4-3-5(9-1-7-3)10-2-8-4/h1-5H;1-2H,(H3,6,7,8,9,10). The van der Waals surface area contributed by atoms with Crippen LogP contribution in [0.2, 0.25) is 0 Å². The number of anilines is 1. The van der Waals surface area contributed by atoms with Gasteiger partial charge in [-0.15, -0.1) is 0 Å². The second-order valence-corrected chi connectivity index (χ2v) is 3.23. The zero-order valence-corrected chi connectivity index (χ0v) is 9.32. The fourth-order valence-electron chi connectivity index (χ4n) is 1.23. The monoisotopic (exact) mass is 242 g/mol. The van der Waals surface area contributed by atoms with Crippen LogP contribution < -0.4 is 5.73 Å². The molecule has 0 aliphatic rings. The van der Waals surface area contributed by atoms with Gasteiger partial charge in [0.15, 0.2) is 17.8 Å². The van der Waals surface area contributed by atoms with Crippen molar-refractivity contribution in [1.82, 2.24) is 24.9 Å². The highest BCUT2D eigenvalue weighted by Crippen LogP contribution is 2.09. The Morgan fingerprint density at radius 3 is 2.67 bits per heavy atom. The average Bonchev–Trinajstić information content (AvgIpc) is 2.90. The van der Waals surface area contributed by atoms with Crippen LogP contribution in [0, 0.1) is 0 Å². The Hall–Kier alpha value is -2.83. The minimum absolute atomic E-state index is 0.433. The molecule has 0 radical (unpaired) electrons. The van der Waals surface area contributed by atoms with Gasteiger partial charge < -0.3 is 10.7 Å². The molecule has 0 unspecified atom stereocenters. The minimum Gasteiger partial charge on any atom is -0.382 e. The van der Waals surface area contributed by atoms with Gasteiger partial charge in [0.1, 0.15) is 17.5 Å². The van der Waals surface area contributed by atoms with E-state index in [0.29, 0.717) is 22.7 Å². The SMILES string of the molecule is Nc1ncnc2nc[nH]c12.O=Cc1ccccn1. The maximum absolute atomic E-state index is 9.94. The number of nitrogens with zero attached hydrogens (tertiary/aromatic N) is 4. The Labute approximate surface area is 102 Å². The number of hydrogen-bond acceptors (Lipinski definition) is 6. The lowest BCUT2D eigenvalue weighted by Crippen LogP contribution is -1.91. The van der Waals surface area contributed by atoms with Gasteiger partial charge in [0.2, 0.25) is 0 Å². The van der Waals surface area contributed by atoms with E-state index >= 15 is 0 Å². The number of aldehydes is 1. The molecule has 18 heavy (non-hydrogen) atoms. The molecular weight excluding hydrogens is 232 g/mol. The minimum atomic E-state index is 0.433. The average molecular weight is 242 g/mol. The predicted octanol–water partition coefficient (Wildman–Crippen LogP) is 0.829. The number of imidazole rings is 1. The van der Waals surface area contributed by atoms with Crippen LogP contribution in [0.5, 0.6) is 0 Å². The van der Waals surface area contributed by atoms with Crippen molar-refractivity contribution in [3.8, 4) is 0 Å². The summed E-state index contributed by atoms with van der Waals surface area (Å²) in [6.45, 7) is 0. The van der Waals surface area contributed by atoms with Crippen LogP contribution in [-0.2, 0) is 0 Å². The predicted molar refractivity (Wildman–Crippen MR) is 65.7 cm³/mol. The van der Waals surface area contributed by atoms with Crippen molar-refractivity contribution >= 4 is 23.3 Å². The zero-order valence-electron chi connectivity index (χ0n) is 9.32. The smallest absolute Gasteiger partial charge is 0.182 e. The van der Waals surface area contributed by atoms with Gasteiger partial charge in [-0.05, 0) is 12.1 Å². The van der Waals surface area contributed by atoms with Crippen molar-refractivity contribution in [2.45, 2.75) is 0 Å².